The smallest absolute Gasteiger partial charge is 0.274 e. The van der Waals surface area contributed by atoms with Crippen molar-refractivity contribution < 1.29 is 4.79 Å². The Bertz CT molecular complexity index is 370. The molecule has 16 heavy (non-hydrogen) atoms. The molecule has 0 unspecified atom stereocenters. The third kappa shape index (κ3) is 2.09. The topological polar surface area (TPSA) is 50.2 Å². The molecule has 0 radical (unpaired) electrons. The van der Waals surface area contributed by atoms with E-state index in [2.05, 4.69) is 17.2 Å². The van der Waals surface area contributed by atoms with E-state index in [-0.39, 0.29) is 5.91 Å². The van der Waals surface area contributed by atoms with E-state index < -0.39 is 0 Å². The number of carbonyl (C=O) groups is 1. The van der Waals surface area contributed by atoms with Crippen LogP contribution in [0.5, 0.6) is 0 Å². The van der Waals surface area contributed by atoms with Crippen LogP contribution in [0.4, 0.5) is 0 Å². The molecule has 0 saturated carbocycles. The van der Waals surface area contributed by atoms with Gasteiger partial charge < -0.3 is 14.8 Å². The van der Waals surface area contributed by atoms with E-state index >= 15 is 0 Å². The molecule has 0 spiro atoms. The van der Waals surface area contributed by atoms with Gasteiger partial charge in [-0.15, -0.1) is 0 Å². The first-order chi connectivity index (χ1) is 7.72. The monoisotopic (exact) mass is 222 g/mol. The second-order valence-corrected chi connectivity index (χ2v) is 4.23. The summed E-state index contributed by atoms with van der Waals surface area (Å²) >= 11 is 0. The Kier molecular flexibility index (Phi) is 3.24. The maximum atomic E-state index is 12.2. The normalized spacial score (nSPS) is 15.9. The van der Waals surface area contributed by atoms with Crippen LogP contribution in [0.25, 0.3) is 0 Å². The Morgan fingerprint density at radius 3 is 2.88 bits per heavy atom. The minimum absolute atomic E-state index is 0.0500. The summed E-state index contributed by atoms with van der Waals surface area (Å²) in [4.78, 5) is 18.2. The van der Waals surface area contributed by atoms with Crippen molar-refractivity contribution in [3.05, 3.63) is 18.2 Å². The van der Waals surface area contributed by atoms with Gasteiger partial charge in [0.15, 0.2) is 0 Å². The fourth-order valence-corrected chi connectivity index (χ4v) is 1.86. The Morgan fingerprint density at radius 2 is 2.44 bits per heavy atom. The largest absolute Gasteiger partial charge is 0.340 e. The molecule has 0 atom stereocenters. The van der Waals surface area contributed by atoms with E-state index in [4.69, 9.17) is 0 Å². The van der Waals surface area contributed by atoms with Crippen molar-refractivity contribution in [1.29, 1.82) is 0 Å². The fraction of sp³-hybridized carbons (Fsp3) is 0.636. The summed E-state index contributed by atoms with van der Waals surface area (Å²) < 4.78 is 1.80. The number of amides is 1. The summed E-state index contributed by atoms with van der Waals surface area (Å²) in [5, 5.41) is 3.19. The molecule has 0 aliphatic carbocycles. The van der Waals surface area contributed by atoms with Gasteiger partial charge in [0.25, 0.3) is 5.91 Å². The second-order valence-electron chi connectivity index (χ2n) is 4.23. The first kappa shape index (κ1) is 11.1. The van der Waals surface area contributed by atoms with Crippen molar-refractivity contribution in [3.8, 4) is 0 Å². The van der Waals surface area contributed by atoms with Gasteiger partial charge in [-0.25, -0.2) is 4.98 Å². The average Bonchev–Trinajstić information content (AvgIpc) is 2.60. The zero-order valence-corrected chi connectivity index (χ0v) is 9.81. The van der Waals surface area contributed by atoms with E-state index in [0.29, 0.717) is 11.7 Å². The zero-order valence-electron chi connectivity index (χ0n) is 9.81. The number of rotatable bonds is 4. The van der Waals surface area contributed by atoms with Crippen LogP contribution in [0.3, 0.4) is 0 Å². The molecule has 1 N–H and O–H groups in total. The first-order valence-corrected chi connectivity index (χ1v) is 5.72. The Labute approximate surface area is 95.5 Å². The van der Waals surface area contributed by atoms with E-state index in [0.717, 1.165) is 26.1 Å². The molecule has 0 bridgehead atoms. The van der Waals surface area contributed by atoms with E-state index in [1.165, 1.54) is 0 Å². The number of nitrogens with zero attached hydrogens (tertiary/aromatic N) is 3. The number of nitrogens with one attached hydrogen (secondary N) is 1. The number of aromatic nitrogens is 2. The van der Waals surface area contributed by atoms with Crippen LogP contribution in [0.1, 0.15) is 23.8 Å². The van der Waals surface area contributed by atoms with Crippen molar-refractivity contribution in [2.45, 2.75) is 19.4 Å². The van der Waals surface area contributed by atoms with Gasteiger partial charge in [-0.2, -0.15) is 0 Å². The van der Waals surface area contributed by atoms with Crippen molar-refractivity contribution in [2.75, 3.05) is 19.6 Å². The molecular weight excluding hydrogens is 204 g/mol. The fourth-order valence-electron chi connectivity index (χ4n) is 1.86. The lowest BCUT2D eigenvalue weighted by Gasteiger charge is -2.37. The number of hydrogen-bond acceptors (Lipinski definition) is 3. The number of aryl methyl sites for hydroxylation is 1. The van der Waals surface area contributed by atoms with Crippen LogP contribution in [-0.2, 0) is 7.05 Å². The lowest BCUT2D eigenvalue weighted by atomic mass is 10.1. The van der Waals surface area contributed by atoms with Gasteiger partial charge in [-0.3, -0.25) is 4.79 Å². The van der Waals surface area contributed by atoms with Gasteiger partial charge in [-0.1, -0.05) is 6.92 Å². The highest BCUT2D eigenvalue weighted by Gasteiger charge is 2.29. The molecule has 1 aliphatic rings. The van der Waals surface area contributed by atoms with Crippen LogP contribution in [-0.4, -0.2) is 46.0 Å². The Morgan fingerprint density at radius 1 is 1.69 bits per heavy atom. The van der Waals surface area contributed by atoms with Crippen LogP contribution in [0.15, 0.2) is 12.5 Å². The highest BCUT2D eigenvalue weighted by molar-refractivity contribution is 5.92. The highest BCUT2D eigenvalue weighted by Crippen LogP contribution is 2.10. The maximum Gasteiger partial charge on any atom is 0.274 e. The zero-order chi connectivity index (χ0) is 11.5. The molecule has 1 amide bonds. The second kappa shape index (κ2) is 4.65. The maximum absolute atomic E-state index is 12.2. The lowest BCUT2D eigenvalue weighted by Crippen LogP contribution is -2.59. The summed E-state index contributed by atoms with van der Waals surface area (Å²) in [6, 6.07) is 0.342. The predicted molar refractivity (Wildman–Crippen MR) is 61.2 cm³/mol. The summed E-state index contributed by atoms with van der Waals surface area (Å²) in [6.45, 7) is 4.70. The SMILES string of the molecule is CCCN(C(=O)c1cn(C)cn1)C1CNC1. The Balaban J connectivity index is 2.09. The van der Waals surface area contributed by atoms with Gasteiger partial charge in [0, 0.05) is 32.9 Å². The summed E-state index contributed by atoms with van der Waals surface area (Å²) in [7, 11) is 1.87. The highest BCUT2D eigenvalue weighted by atomic mass is 16.2. The first-order valence-electron chi connectivity index (χ1n) is 5.72. The molecule has 1 aromatic heterocycles. The molecule has 88 valence electrons. The van der Waals surface area contributed by atoms with Gasteiger partial charge in [0.05, 0.1) is 12.4 Å². The van der Waals surface area contributed by atoms with Crippen molar-refractivity contribution in [2.24, 2.45) is 7.05 Å². The van der Waals surface area contributed by atoms with Crippen molar-refractivity contribution >= 4 is 5.91 Å². The standard InChI is InChI=1S/C11H18N4O/c1-3-4-15(9-5-12-6-9)11(16)10-7-14(2)8-13-10/h7-9,12H,3-6H2,1-2H3. The third-order valence-corrected chi connectivity index (χ3v) is 2.85. The quantitative estimate of drug-likeness (QED) is 0.794. The van der Waals surface area contributed by atoms with Crippen LogP contribution < -0.4 is 5.32 Å². The van der Waals surface area contributed by atoms with Gasteiger partial charge in [-0.05, 0) is 6.42 Å². The van der Waals surface area contributed by atoms with E-state index in [1.807, 2.05) is 11.9 Å². The molecule has 0 aromatic carbocycles. The molecule has 2 rings (SSSR count). The van der Waals surface area contributed by atoms with Crippen molar-refractivity contribution in [1.82, 2.24) is 19.8 Å². The number of hydrogen-bond donors (Lipinski definition) is 1. The molecule has 5 heteroatoms. The summed E-state index contributed by atoms with van der Waals surface area (Å²) in [6.07, 6.45) is 4.42. The van der Waals surface area contributed by atoms with E-state index in [9.17, 15) is 4.79 Å². The van der Waals surface area contributed by atoms with Crippen LogP contribution in [0.2, 0.25) is 0 Å². The lowest BCUT2D eigenvalue weighted by molar-refractivity contribution is 0.0610. The molecule has 2 heterocycles. The molecule has 1 fully saturated rings. The van der Waals surface area contributed by atoms with Crippen molar-refractivity contribution in [3.63, 3.8) is 0 Å². The van der Waals surface area contributed by atoms with Crippen LogP contribution in [0, 0.1) is 0 Å². The predicted octanol–water partition coefficient (Wildman–Crippen LogP) is 0.244. The van der Waals surface area contributed by atoms with Gasteiger partial charge in [0.1, 0.15) is 5.69 Å². The summed E-state index contributed by atoms with van der Waals surface area (Å²) in [5.74, 6) is 0.0500. The molecule has 1 aromatic rings. The van der Waals surface area contributed by atoms with Gasteiger partial charge in [0.2, 0.25) is 0 Å². The minimum Gasteiger partial charge on any atom is -0.340 e. The molecule has 1 saturated heterocycles. The van der Waals surface area contributed by atoms with Crippen LogP contribution >= 0.6 is 0 Å². The van der Waals surface area contributed by atoms with E-state index in [1.54, 1.807) is 17.1 Å². The molecule has 1 aliphatic heterocycles. The van der Waals surface area contributed by atoms with Gasteiger partial charge >= 0.3 is 0 Å². The minimum atomic E-state index is 0.0500. The third-order valence-electron chi connectivity index (χ3n) is 2.85. The molecule has 5 nitrogen and oxygen atoms in total. The number of carbonyl (C=O) groups excluding carboxylic acids is 1. The number of imidazole rings is 1. The average molecular weight is 222 g/mol. The Hall–Kier alpha value is -1.36. The summed E-state index contributed by atoms with van der Waals surface area (Å²) in [5.41, 5.74) is 0.544. The molecular formula is C11H18N4O.